The van der Waals surface area contributed by atoms with Gasteiger partial charge in [-0.3, -0.25) is 14.4 Å². The highest BCUT2D eigenvalue weighted by molar-refractivity contribution is 6.05. The van der Waals surface area contributed by atoms with E-state index in [1.807, 2.05) is 13.8 Å². The van der Waals surface area contributed by atoms with Crippen LogP contribution in [-0.4, -0.2) is 85.5 Å². The van der Waals surface area contributed by atoms with Crippen molar-refractivity contribution in [2.45, 2.75) is 172 Å². The lowest BCUT2D eigenvalue weighted by Crippen LogP contribution is -2.69. The predicted octanol–water partition coefficient (Wildman–Crippen LogP) is 4.72. The normalized spacial score (nSPS) is 41.7. The summed E-state index contributed by atoms with van der Waals surface area (Å²) in [5.41, 5.74) is -8.05. The number of Topliss-reactive ketones (excluding diaryl/α,β-unsaturated/α-hetero) is 1. The zero-order chi connectivity index (χ0) is 35.3. The van der Waals surface area contributed by atoms with Crippen LogP contribution in [-0.2, 0) is 28.6 Å². The highest BCUT2D eigenvalue weighted by atomic mass is 16.6. The first-order valence-electron chi connectivity index (χ1n) is 18.7. The average molecular weight is 677 g/mol. The molecule has 10 nitrogen and oxygen atoms in total. The second kappa shape index (κ2) is 13.7. The van der Waals surface area contributed by atoms with Gasteiger partial charge in [0, 0.05) is 41.9 Å². The van der Waals surface area contributed by atoms with Gasteiger partial charge in [-0.2, -0.15) is 0 Å². The summed E-state index contributed by atoms with van der Waals surface area (Å²) in [7, 11) is 0. The molecule has 4 N–H and O–H groups in total. The Balaban J connectivity index is 1.49. The number of esters is 2. The monoisotopic (exact) mass is 676 g/mol. The molecule has 1 saturated heterocycles. The summed E-state index contributed by atoms with van der Waals surface area (Å²) in [6.07, 6.45) is 9.96. The number of hydrogen-bond donors (Lipinski definition) is 4. The Kier molecular flexibility index (Phi) is 10.7. The molecule has 4 aliphatic carbocycles. The number of carbonyl (C=O) groups is 3. The third-order valence-corrected chi connectivity index (χ3v) is 13.0. The van der Waals surface area contributed by atoms with Gasteiger partial charge >= 0.3 is 11.9 Å². The zero-order valence-corrected chi connectivity index (χ0v) is 30.0. The van der Waals surface area contributed by atoms with Crippen molar-refractivity contribution in [1.29, 1.82) is 0 Å². The van der Waals surface area contributed by atoms with Crippen molar-refractivity contribution in [3.8, 4) is 0 Å². The molecule has 0 bridgehead atoms. The number of carbonyl (C=O) groups excluding carboxylic acids is 3. The number of rotatable bonds is 17. The van der Waals surface area contributed by atoms with Crippen LogP contribution in [0.5, 0.6) is 0 Å². The summed E-state index contributed by atoms with van der Waals surface area (Å²) in [4.78, 5) is 40.7. The van der Waals surface area contributed by atoms with Crippen LogP contribution in [0.15, 0.2) is 11.6 Å². The van der Waals surface area contributed by atoms with Crippen molar-refractivity contribution in [3.05, 3.63) is 11.6 Å². The van der Waals surface area contributed by atoms with E-state index in [-0.39, 0.29) is 18.4 Å². The molecule has 0 spiro atoms. The highest BCUT2D eigenvalue weighted by Crippen LogP contribution is 2.80. The minimum atomic E-state index is -2.47. The van der Waals surface area contributed by atoms with Gasteiger partial charge in [-0.15, -0.1) is 0 Å². The molecule has 272 valence electrons. The summed E-state index contributed by atoms with van der Waals surface area (Å²) in [6, 6.07) is 0. The molecule has 0 aromatic rings. The molecule has 1 heterocycles. The van der Waals surface area contributed by atoms with Gasteiger partial charge < -0.3 is 34.6 Å². The van der Waals surface area contributed by atoms with E-state index >= 15 is 0 Å². The summed E-state index contributed by atoms with van der Waals surface area (Å²) in [5.74, 6) is -5.32. The van der Waals surface area contributed by atoms with Crippen LogP contribution in [0.3, 0.4) is 0 Å². The van der Waals surface area contributed by atoms with Crippen LogP contribution in [0.4, 0.5) is 0 Å². The Hall–Kier alpha value is -1.85. The summed E-state index contributed by atoms with van der Waals surface area (Å²) < 4.78 is 18.8. The molecule has 4 fully saturated rings. The SMILES string of the molecule is CCCCCCCCC(=O)OC1[C@@H](C)C2(O)[C@@H]3C=C(C)C(=O)C3(O)C(O)C3(CO)OC3[C@H]2[C@H]2C(C)(C)C12OC(=O)CCCCCCCC. The fourth-order valence-electron chi connectivity index (χ4n) is 10.2. The lowest BCUT2D eigenvalue weighted by Gasteiger charge is -2.53. The number of aliphatic hydroxyl groups is 4. The predicted molar refractivity (Wildman–Crippen MR) is 177 cm³/mol. The first-order chi connectivity index (χ1) is 22.7. The van der Waals surface area contributed by atoms with Gasteiger partial charge in [0.25, 0.3) is 0 Å². The quantitative estimate of drug-likeness (QED) is 0.0964. The van der Waals surface area contributed by atoms with Gasteiger partial charge in [0.1, 0.15) is 17.8 Å². The Bertz CT molecular complexity index is 1260. The van der Waals surface area contributed by atoms with Crippen LogP contribution in [0.1, 0.15) is 131 Å². The maximum absolute atomic E-state index is 13.6. The van der Waals surface area contributed by atoms with Crippen molar-refractivity contribution in [2.75, 3.05) is 6.61 Å². The van der Waals surface area contributed by atoms with Crippen molar-refractivity contribution < 1.29 is 49.0 Å². The summed E-state index contributed by atoms with van der Waals surface area (Å²) in [5, 5.41) is 47.4. The standard InChI is InChI=1S/C38H60O10/c1-7-9-11-13-15-17-19-26(40)46-31-24(4)36(44)25-21-23(3)30(42)37(25,45)33(43)35(22-39)32(48-35)28(36)29-34(5,6)38(29,31)47-27(41)20-18-16-14-12-10-8-2/h21,24-25,28-29,31-33,39,43-45H,7-20,22H2,1-6H3/t24-,25+,28-,29+,31?,32?,33?,35?,36?,37?,38?/m1/s1. The van der Waals surface area contributed by atoms with E-state index in [9.17, 15) is 34.8 Å². The molecule has 0 amide bonds. The molecule has 3 saturated carbocycles. The average Bonchev–Trinajstić information content (AvgIpc) is 3.87. The minimum absolute atomic E-state index is 0.174. The number of hydrogen-bond acceptors (Lipinski definition) is 10. The molecule has 0 aromatic heterocycles. The second-order valence-corrected chi connectivity index (χ2v) is 16.2. The molecular weight excluding hydrogens is 616 g/mol. The third-order valence-electron chi connectivity index (χ3n) is 13.0. The smallest absolute Gasteiger partial charge is 0.306 e. The molecule has 0 radical (unpaired) electrons. The van der Waals surface area contributed by atoms with E-state index in [0.29, 0.717) is 12.8 Å². The fraction of sp³-hybridized carbons (Fsp3) is 0.868. The Labute approximate surface area is 286 Å². The molecule has 11 atom stereocenters. The molecule has 10 heteroatoms. The van der Waals surface area contributed by atoms with E-state index in [0.717, 1.165) is 64.2 Å². The maximum atomic E-state index is 13.6. The molecular formula is C38H60O10. The van der Waals surface area contributed by atoms with E-state index in [1.165, 1.54) is 13.0 Å². The molecule has 1 aliphatic heterocycles. The Morgan fingerprint density at radius 2 is 1.44 bits per heavy atom. The Morgan fingerprint density at radius 3 is 2.00 bits per heavy atom. The second-order valence-electron chi connectivity index (χ2n) is 16.2. The molecule has 48 heavy (non-hydrogen) atoms. The van der Waals surface area contributed by atoms with Crippen LogP contribution in [0, 0.1) is 29.1 Å². The van der Waals surface area contributed by atoms with Gasteiger partial charge in [-0.1, -0.05) is 105 Å². The summed E-state index contributed by atoms with van der Waals surface area (Å²) >= 11 is 0. The zero-order valence-electron chi connectivity index (χ0n) is 30.0. The van der Waals surface area contributed by atoms with Crippen LogP contribution >= 0.6 is 0 Å². The van der Waals surface area contributed by atoms with Gasteiger partial charge in [-0.05, 0) is 25.3 Å². The number of ketones is 1. The molecule has 5 rings (SSSR count). The molecule has 7 unspecified atom stereocenters. The lowest BCUT2D eigenvalue weighted by atomic mass is 9.58. The van der Waals surface area contributed by atoms with Gasteiger partial charge in [0.2, 0.25) is 0 Å². The van der Waals surface area contributed by atoms with E-state index in [1.54, 1.807) is 6.92 Å². The number of ether oxygens (including phenoxy) is 3. The number of unbranched alkanes of at least 4 members (excludes halogenated alkanes) is 10. The lowest BCUT2D eigenvalue weighted by molar-refractivity contribution is -0.245. The van der Waals surface area contributed by atoms with E-state index in [2.05, 4.69) is 13.8 Å². The van der Waals surface area contributed by atoms with Gasteiger partial charge in [0.15, 0.2) is 17.0 Å². The van der Waals surface area contributed by atoms with E-state index < -0.39 is 94.1 Å². The maximum Gasteiger partial charge on any atom is 0.306 e. The van der Waals surface area contributed by atoms with Crippen molar-refractivity contribution in [1.82, 2.24) is 0 Å². The van der Waals surface area contributed by atoms with Crippen molar-refractivity contribution in [2.24, 2.45) is 29.1 Å². The Morgan fingerprint density at radius 1 is 0.896 bits per heavy atom. The fourth-order valence-corrected chi connectivity index (χ4v) is 10.2. The molecule has 5 aliphatic rings. The highest BCUT2D eigenvalue weighted by Gasteiger charge is 2.93. The van der Waals surface area contributed by atoms with E-state index in [4.69, 9.17) is 14.2 Å². The number of epoxide rings is 1. The van der Waals surface area contributed by atoms with Gasteiger partial charge in [0.05, 0.1) is 18.3 Å². The minimum Gasteiger partial charge on any atom is -0.458 e. The van der Waals surface area contributed by atoms with Crippen LogP contribution in [0.25, 0.3) is 0 Å². The van der Waals surface area contributed by atoms with Crippen molar-refractivity contribution >= 4 is 17.7 Å². The van der Waals surface area contributed by atoms with Crippen LogP contribution in [0.2, 0.25) is 0 Å². The largest absolute Gasteiger partial charge is 0.458 e. The van der Waals surface area contributed by atoms with Crippen molar-refractivity contribution in [3.63, 3.8) is 0 Å². The van der Waals surface area contributed by atoms with Crippen LogP contribution < -0.4 is 0 Å². The topological polar surface area (TPSA) is 163 Å². The number of aliphatic hydroxyl groups excluding tert-OH is 2. The molecule has 0 aromatic carbocycles. The summed E-state index contributed by atoms with van der Waals surface area (Å²) in [6.45, 7) is 10.7. The van der Waals surface area contributed by atoms with Gasteiger partial charge in [-0.25, -0.2) is 0 Å². The number of fused-ring (bicyclic) bond motifs is 7. The first kappa shape index (κ1) is 37.4. The first-order valence-corrected chi connectivity index (χ1v) is 18.7. The third kappa shape index (κ3) is 5.51.